The van der Waals surface area contributed by atoms with E-state index in [9.17, 15) is 0 Å². The van der Waals surface area contributed by atoms with Crippen molar-refractivity contribution in [3.8, 4) is 0 Å². The zero-order valence-corrected chi connectivity index (χ0v) is 14.8. The highest BCUT2D eigenvalue weighted by Crippen LogP contribution is 2.28. The van der Waals surface area contributed by atoms with Gasteiger partial charge in [0, 0.05) is 21.3 Å². The molecule has 1 aromatic heterocycles. The lowest BCUT2D eigenvalue weighted by molar-refractivity contribution is 0.573. The molecule has 0 bridgehead atoms. The van der Waals surface area contributed by atoms with Crippen LogP contribution in [0.3, 0.4) is 0 Å². The van der Waals surface area contributed by atoms with E-state index in [2.05, 4.69) is 80.1 Å². The second kappa shape index (κ2) is 6.85. The van der Waals surface area contributed by atoms with E-state index in [0.717, 1.165) is 23.1 Å². The highest BCUT2D eigenvalue weighted by molar-refractivity contribution is 14.1. The lowest BCUT2D eigenvalue weighted by Gasteiger charge is -2.19. The van der Waals surface area contributed by atoms with Crippen LogP contribution in [-0.4, -0.2) is 16.3 Å². The van der Waals surface area contributed by atoms with Gasteiger partial charge in [0.05, 0.1) is 11.7 Å². The van der Waals surface area contributed by atoms with Gasteiger partial charge in [0.15, 0.2) is 0 Å². The summed E-state index contributed by atoms with van der Waals surface area (Å²) in [4.78, 5) is 0. The molecule has 0 spiro atoms. The Labute approximate surface area is 136 Å². The van der Waals surface area contributed by atoms with Crippen molar-refractivity contribution >= 4 is 38.5 Å². The van der Waals surface area contributed by atoms with Crippen molar-refractivity contribution in [2.45, 2.75) is 19.4 Å². The highest BCUT2D eigenvalue weighted by atomic mass is 127. The van der Waals surface area contributed by atoms with Crippen LogP contribution < -0.4 is 5.32 Å². The van der Waals surface area contributed by atoms with Crippen LogP contribution in [0, 0.1) is 3.57 Å². The molecule has 1 heterocycles. The molecule has 0 saturated heterocycles. The molecule has 0 fully saturated rings. The van der Waals surface area contributed by atoms with Gasteiger partial charge in [0.2, 0.25) is 0 Å². The summed E-state index contributed by atoms with van der Waals surface area (Å²) in [6.07, 6.45) is 3.09. The Morgan fingerprint density at radius 2 is 2.21 bits per heavy atom. The molecule has 2 aromatic rings. The SMILES string of the molecule is CCCNC(c1ccn(C)n1)c1cc(Br)ccc1I. The van der Waals surface area contributed by atoms with Gasteiger partial charge in [0.1, 0.15) is 0 Å². The predicted molar refractivity (Wildman–Crippen MR) is 90.2 cm³/mol. The predicted octanol–water partition coefficient (Wildman–Crippen LogP) is 3.88. The van der Waals surface area contributed by atoms with Crippen LogP contribution in [0.25, 0.3) is 0 Å². The molecular weight excluding hydrogens is 417 g/mol. The standard InChI is InChI=1S/C14H17BrIN3/c1-3-7-17-14(13-6-8-19(2)18-13)11-9-10(15)4-5-12(11)16/h4-6,8-9,14,17H,3,7H2,1-2H3. The van der Waals surface area contributed by atoms with Crippen molar-refractivity contribution in [2.24, 2.45) is 7.05 Å². The van der Waals surface area contributed by atoms with Gasteiger partial charge in [-0.25, -0.2) is 0 Å². The summed E-state index contributed by atoms with van der Waals surface area (Å²) in [5, 5.41) is 8.13. The van der Waals surface area contributed by atoms with Crippen LogP contribution in [0.1, 0.15) is 30.6 Å². The molecule has 19 heavy (non-hydrogen) atoms. The third kappa shape index (κ3) is 3.79. The highest BCUT2D eigenvalue weighted by Gasteiger charge is 2.18. The maximum atomic E-state index is 4.55. The molecule has 5 heteroatoms. The van der Waals surface area contributed by atoms with Gasteiger partial charge in [-0.2, -0.15) is 5.10 Å². The summed E-state index contributed by atoms with van der Waals surface area (Å²) in [5.74, 6) is 0. The van der Waals surface area contributed by atoms with Gasteiger partial charge < -0.3 is 5.32 Å². The number of aryl methyl sites for hydroxylation is 1. The molecule has 0 radical (unpaired) electrons. The molecule has 0 aliphatic carbocycles. The van der Waals surface area contributed by atoms with Gasteiger partial charge in [0.25, 0.3) is 0 Å². The number of nitrogens with one attached hydrogen (secondary N) is 1. The molecule has 102 valence electrons. The number of halogens is 2. The molecule has 1 aromatic carbocycles. The first-order chi connectivity index (χ1) is 9.11. The average Bonchev–Trinajstić information content (AvgIpc) is 2.80. The number of aromatic nitrogens is 2. The van der Waals surface area contributed by atoms with Gasteiger partial charge in [-0.3, -0.25) is 4.68 Å². The van der Waals surface area contributed by atoms with E-state index in [-0.39, 0.29) is 6.04 Å². The number of rotatable bonds is 5. The Kier molecular flexibility index (Phi) is 5.41. The lowest BCUT2D eigenvalue weighted by atomic mass is 10.0. The van der Waals surface area contributed by atoms with Crippen LogP contribution in [0.4, 0.5) is 0 Å². The normalized spacial score (nSPS) is 12.6. The number of nitrogens with zero attached hydrogens (tertiary/aromatic N) is 2. The summed E-state index contributed by atoms with van der Waals surface area (Å²) < 4.78 is 4.20. The van der Waals surface area contributed by atoms with Crippen molar-refractivity contribution in [1.29, 1.82) is 0 Å². The first-order valence-electron chi connectivity index (χ1n) is 6.29. The summed E-state index contributed by atoms with van der Waals surface area (Å²) in [7, 11) is 1.95. The monoisotopic (exact) mass is 433 g/mol. The van der Waals surface area contributed by atoms with E-state index in [4.69, 9.17) is 0 Å². The smallest absolute Gasteiger partial charge is 0.0839 e. The Balaban J connectivity index is 2.39. The maximum Gasteiger partial charge on any atom is 0.0839 e. The first-order valence-corrected chi connectivity index (χ1v) is 8.17. The Morgan fingerprint density at radius 1 is 1.42 bits per heavy atom. The third-order valence-electron chi connectivity index (χ3n) is 2.90. The second-order valence-electron chi connectivity index (χ2n) is 4.47. The van der Waals surface area contributed by atoms with Crippen molar-refractivity contribution in [3.05, 3.63) is 49.8 Å². The number of benzene rings is 1. The zero-order valence-electron chi connectivity index (χ0n) is 11.0. The number of hydrogen-bond acceptors (Lipinski definition) is 2. The summed E-state index contributed by atoms with van der Waals surface area (Å²) in [6.45, 7) is 3.15. The summed E-state index contributed by atoms with van der Waals surface area (Å²) in [5.41, 5.74) is 2.33. The topological polar surface area (TPSA) is 29.9 Å². The first kappa shape index (κ1) is 15.0. The molecule has 1 unspecified atom stereocenters. The maximum absolute atomic E-state index is 4.55. The fourth-order valence-corrected chi connectivity index (χ4v) is 3.01. The minimum absolute atomic E-state index is 0.144. The fourth-order valence-electron chi connectivity index (χ4n) is 1.99. The van der Waals surface area contributed by atoms with E-state index in [0.29, 0.717) is 0 Å². The van der Waals surface area contributed by atoms with E-state index in [1.807, 2.05) is 17.9 Å². The van der Waals surface area contributed by atoms with Gasteiger partial charge in [-0.1, -0.05) is 22.9 Å². The van der Waals surface area contributed by atoms with Crippen LogP contribution >= 0.6 is 38.5 Å². The summed E-state index contributed by atoms with van der Waals surface area (Å²) >= 11 is 5.94. The van der Waals surface area contributed by atoms with Crippen molar-refractivity contribution in [3.63, 3.8) is 0 Å². The van der Waals surface area contributed by atoms with Gasteiger partial charge in [-0.05, 0) is 65.4 Å². The summed E-state index contributed by atoms with van der Waals surface area (Å²) in [6, 6.07) is 8.59. The van der Waals surface area contributed by atoms with Crippen LogP contribution in [-0.2, 0) is 7.05 Å². The Hall–Kier alpha value is -0.400. The Bertz CT molecular complexity index is 553. The van der Waals surface area contributed by atoms with E-state index in [1.54, 1.807) is 0 Å². The molecule has 0 saturated carbocycles. The van der Waals surface area contributed by atoms with Crippen LogP contribution in [0.5, 0.6) is 0 Å². The minimum atomic E-state index is 0.144. The molecule has 0 amide bonds. The quantitative estimate of drug-likeness (QED) is 0.725. The molecule has 1 N–H and O–H groups in total. The fraction of sp³-hybridized carbons (Fsp3) is 0.357. The Morgan fingerprint density at radius 3 is 2.84 bits per heavy atom. The molecule has 0 aliphatic heterocycles. The molecule has 0 aliphatic rings. The van der Waals surface area contributed by atoms with Gasteiger partial charge in [-0.15, -0.1) is 0 Å². The van der Waals surface area contributed by atoms with Crippen LogP contribution in [0.15, 0.2) is 34.9 Å². The van der Waals surface area contributed by atoms with E-state index >= 15 is 0 Å². The molecule has 3 nitrogen and oxygen atoms in total. The number of hydrogen-bond donors (Lipinski definition) is 1. The van der Waals surface area contributed by atoms with Crippen molar-refractivity contribution in [2.75, 3.05) is 6.54 Å². The average molecular weight is 434 g/mol. The van der Waals surface area contributed by atoms with Crippen molar-refractivity contribution in [1.82, 2.24) is 15.1 Å². The molecule has 1 atom stereocenters. The zero-order chi connectivity index (χ0) is 13.8. The van der Waals surface area contributed by atoms with Crippen LogP contribution in [0.2, 0.25) is 0 Å². The van der Waals surface area contributed by atoms with E-state index < -0.39 is 0 Å². The molecular formula is C14H17BrIN3. The van der Waals surface area contributed by atoms with Gasteiger partial charge >= 0.3 is 0 Å². The minimum Gasteiger partial charge on any atom is -0.305 e. The van der Waals surface area contributed by atoms with Crippen molar-refractivity contribution < 1.29 is 0 Å². The van der Waals surface area contributed by atoms with E-state index in [1.165, 1.54) is 9.13 Å². The molecule has 2 rings (SSSR count). The lowest BCUT2D eigenvalue weighted by Crippen LogP contribution is -2.24. The second-order valence-corrected chi connectivity index (χ2v) is 6.55. The largest absolute Gasteiger partial charge is 0.305 e. The third-order valence-corrected chi connectivity index (χ3v) is 4.37.